The van der Waals surface area contributed by atoms with Gasteiger partial charge in [0.2, 0.25) is 0 Å². The van der Waals surface area contributed by atoms with E-state index in [1.165, 1.54) is 36.2 Å². The van der Waals surface area contributed by atoms with Crippen molar-refractivity contribution in [1.82, 2.24) is 4.57 Å². The Balaban J connectivity index is 2.24. The summed E-state index contributed by atoms with van der Waals surface area (Å²) in [5.74, 6) is 0. The third-order valence-electron chi connectivity index (χ3n) is 3.32. The van der Waals surface area contributed by atoms with Gasteiger partial charge in [0.1, 0.15) is 0 Å². The van der Waals surface area contributed by atoms with Gasteiger partial charge in [-0.1, -0.05) is 43.5 Å². The molecular formula is C16H20ClN. The van der Waals surface area contributed by atoms with Crippen molar-refractivity contribution in [3.8, 4) is 11.3 Å². The van der Waals surface area contributed by atoms with Crippen LogP contribution in [0, 0.1) is 6.92 Å². The van der Waals surface area contributed by atoms with Gasteiger partial charge in [-0.25, -0.2) is 0 Å². The second-order valence-corrected chi connectivity index (χ2v) is 5.16. The SMILES string of the molecule is CCCCCn1c(C)ccc1-c1ccc(Cl)cc1. The van der Waals surface area contributed by atoms with Crippen LogP contribution < -0.4 is 0 Å². The molecule has 0 spiro atoms. The van der Waals surface area contributed by atoms with Crippen molar-refractivity contribution in [3.63, 3.8) is 0 Å². The van der Waals surface area contributed by atoms with E-state index in [1.807, 2.05) is 12.1 Å². The predicted octanol–water partition coefficient (Wildman–Crippen LogP) is 5.31. The van der Waals surface area contributed by atoms with Crippen molar-refractivity contribution in [2.24, 2.45) is 0 Å². The van der Waals surface area contributed by atoms with Crippen molar-refractivity contribution < 1.29 is 0 Å². The molecule has 0 fully saturated rings. The topological polar surface area (TPSA) is 4.93 Å². The summed E-state index contributed by atoms with van der Waals surface area (Å²) in [6.45, 7) is 5.51. The fourth-order valence-corrected chi connectivity index (χ4v) is 2.38. The Bertz CT molecular complexity index is 496. The molecule has 0 bridgehead atoms. The maximum atomic E-state index is 5.94. The minimum Gasteiger partial charge on any atom is -0.345 e. The fraction of sp³-hybridized carbons (Fsp3) is 0.375. The van der Waals surface area contributed by atoms with Crippen LogP contribution in [0.1, 0.15) is 31.9 Å². The Kier molecular flexibility index (Phi) is 4.48. The highest BCUT2D eigenvalue weighted by Gasteiger charge is 2.06. The Morgan fingerprint density at radius 2 is 1.72 bits per heavy atom. The number of rotatable bonds is 5. The molecule has 1 aromatic heterocycles. The lowest BCUT2D eigenvalue weighted by Gasteiger charge is -2.11. The highest BCUT2D eigenvalue weighted by Crippen LogP contribution is 2.24. The lowest BCUT2D eigenvalue weighted by molar-refractivity contribution is 0.599. The summed E-state index contributed by atoms with van der Waals surface area (Å²) in [5.41, 5.74) is 3.86. The first kappa shape index (κ1) is 13.2. The van der Waals surface area contributed by atoms with Crippen LogP contribution in [0.5, 0.6) is 0 Å². The molecular weight excluding hydrogens is 242 g/mol. The minimum absolute atomic E-state index is 0.791. The molecule has 18 heavy (non-hydrogen) atoms. The second-order valence-electron chi connectivity index (χ2n) is 4.73. The molecule has 1 aromatic carbocycles. The molecule has 0 atom stereocenters. The molecule has 1 nitrogen and oxygen atoms in total. The number of aromatic nitrogens is 1. The maximum Gasteiger partial charge on any atom is 0.0482 e. The second kappa shape index (κ2) is 6.10. The Morgan fingerprint density at radius 1 is 1.00 bits per heavy atom. The van der Waals surface area contributed by atoms with E-state index in [9.17, 15) is 0 Å². The van der Waals surface area contributed by atoms with Crippen molar-refractivity contribution in [3.05, 3.63) is 47.1 Å². The van der Waals surface area contributed by atoms with Gasteiger partial charge in [0, 0.05) is 23.0 Å². The fourth-order valence-electron chi connectivity index (χ4n) is 2.26. The summed E-state index contributed by atoms with van der Waals surface area (Å²) in [7, 11) is 0. The molecule has 2 heteroatoms. The number of aryl methyl sites for hydroxylation is 1. The van der Waals surface area contributed by atoms with E-state index < -0.39 is 0 Å². The van der Waals surface area contributed by atoms with E-state index in [-0.39, 0.29) is 0 Å². The van der Waals surface area contributed by atoms with Crippen LogP contribution in [0.25, 0.3) is 11.3 Å². The highest BCUT2D eigenvalue weighted by atomic mass is 35.5. The van der Waals surface area contributed by atoms with Gasteiger partial charge >= 0.3 is 0 Å². The first-order valence-electron chi connectivity index (χ1n) is 6.64. The zero-order valence-corrected chi connectivity index (χ0v) is 11.9. The molecule has 0 aliphatic heterocycles. The van der Waals surface area contributed by atoms with E-state index in [1.54, 1.807) is 0 Å². The number of halogens is 1. The van der Waals surface area contributed by atoms with Crippen LogP contribution in [0.4, 0.5) is 0 Å². The summed E-state index contributed by atoms with van der Waals surface area (Å²) in [5, 5.41) is 0.791. The van der Waals surface area contributed by atoms with Crippen LogP contribution in [-0.4, -0.2) is 4.57 Å². The molecule has 2 aromatic rings. The lowest BCUT2D eigenvalue weighted by atomic mass is 10.1. The third kappa shape index (κ3) is 2.97. The molecule has 1 heterocycles. The molecule has 0 aliphatic carbocycles. The van der Waals surface area contributed by atoms with Gasteiger partial charge in [-0.2, -0.15) is 0 Å². The van der Waals surface area contributed by atoms with Crippen molar-refractivity contribution in [1.29, 1.82) is 0 Å². The summed E-state index contributed by atoms with van der Waals surface area (Å²) in [6.07, 6.45) is 3.79. The lowest BCUT2D eigenvalue weighted by Crippen LogP contribution is -2.02. The van der Waals surface area contributed by atoms with E-state index in [4.69, 9.17) is 11.6 Å². The average Bonchev–Trinajstić information content (AvgIpc) is 2.73. The maximum absolute atomic E-state index is 5.94. The molecule has 0 radical (unpaired) electrons. The van der Waals surface area contributed by atoms with Gasteiger partial charge in [0.15, 0.2) is 0 Å². The zero-order chi connectivity index (χ0) is 13.0. The molecule has 0 N–H and O–H groups in total. The normalized spacial score (nSPS) is 10.8. The van der Waals surface area contributed by atoms with Gasteiger partial charge in [-0.3, -0.25) is 0 Å². The van der Waals surface area contributed by atoms with Crippen molar-refractivity contribution in [2.45, 2.75) is 39.7 Å². The van der Waals surface area contributed by atoms with Gasteiger partial charge in [0.25, 0.3) is 0 Å². The van der Waals surface area contributed by atoms with Gasteiger partial charge in [-0.15, -0.1) is 0 Å². The Hall–Kier alpha value is -1.21. The molecule has 96 valence electrons. The quantitative estimate of drug-likeness (QED) is 0.643. The summed E-state index contributed by atoms with van der Waals surface area (Å²) in [4.78, 5) is 0. The summed E-state index contributed by atoms with van der Waals surface area (Å²) in [6, 6.07) is 12.5. The van der Waals surface area contributed by atoms with Crippen LogP contribution in [0.3, 0.4) is 0 Å². The van der Waals surface area contributed by atoms with Crippen molar-refractivity contribution in [2.75, 3.05) is 0 Å². The number of hydrogen-bond acceptors (Lipinski definition) is 0. The zero-order valence-electron chi connectivity index (χ0n) is 11.1. The minimum atomic E-state index is 0.791. The number of nitrogens with zero attached hydrogens (tertiary/aromatic N) is 1. The van der Waals surface area contributed by atoms with Gasteiger partial charge in [-0.05, 0) is 43.2 Å². The predicted molar refractivity (Wildman–Crippen MR) is 79.1 cm³/mol. The molecule has 0 amide bonds. The Morgan fingerprint density at radius 3 is 2.39 bits per heavy atom. The highest BCUT2D eigenvalue weighted by molar-refractivity contribution is 6.30. The van der Waals surface area contributed by atoms with Crippen LogP contribution in [0.2, 0.25) is 5.02 Å². The first-order chi connectivity index (χ1) is 8.72. The molecule has 0 saturated carbocycles. The van der Waals surface area contributed by atoms with E-state index in [0.29, 0.717) is 0 Å². The third-order valence-corrected chi connectivity index (χ3v) is 3.58. The molecule has 2 rings (SSSR count). The molecule has 0 aliphatic rings. The van der Waals surface area contributed by atoms with E-state index >= 15 is 0 Å². The van der Waals surface area contributed by atoms with Gasteiger partial charge in [0.05, 0.1) is 0 Å². The summed E-state index contributed by atoms with van der Waals surface area (Å²) < 4.78 is 2.40. The number of benzene rings is 1. The molecule has 0 unspecified atom stereocenters. The monoisotopic (exact) mass is 261 g/mol. The Labute approximate surface area is 114 Å². The first-order valence-corrected chi connectivity index (χ1v) is 7.02. The van der Waals surface area contributed by atoms with E-state index in [2.05, 4.69) is 42.7 Å². The van der Waals surface area contributed by atoms with Crippen LogP contribution >= 0.6 is 11.6 Å². The van der Waals surface area contributed by atoms with E-state index in [0.717, 1.165) is 11.6 Å². The summed E-state index contributed by atoms with van der Waals surface area (Å²) >= 11 is 5.94. The van der Waals surface area contributed by atoms with Crippen molar-refractivity contribution >= 4 is 11.6 Å². The molecule has 0 saturated heterocycles. The van der Waals surface area contributed by atoms with Crippen LogP contribution in [0.15, 0.2) is 36.4 Å². The number of unbranched alkanes of at least 4 members (excludes halogenated alkanes) is 2. The number of hydrogen-bond donors (Lipinski definition) is 0. The largest absolute Gasteiger partial charge is 0.345 e. The average molecular weight is 262 g/mol. The van der Waals surface area contributed by atoms with Crippen LogP contribution in [-0.2, 0) is 6.54 Å². The van der Waals surface area contributed by atoms with Gasteiger partial charge < -0.3 is 4.57 Å². The standard InChI is InChI=1S/C16H20ClN/c1-3-4-5-12-18-13(2)6-11-16(18)14-7-9-15(17)10-8-14/h6-11H,3-5,12H2,1-2H3. The smallest absolute Gasteiger partial charge is 0.0482 e.